The Morgan fingerprint density at radius 2 is 1.83 bits per heavy atom. The fourth-order valence-electron chi connectivity index (χ4n) is 2.50. The van der Waals surface area contributed by atoms with E-state index < -0.39 is 0 Å². The molecule has 0 unspecified atom stereocenters. The van der Waals surface area contributed by atoms with Crippen molar-refractivity contribution < 1.29 is 19.1 Å². The lowest BCUT2D eigenvalue weighted by Gasteiger charge is -2.09. The topological polar surface area (TPSA) is 97.4 Å². The van der Waals surface area contributed by atoms with Gasteiger partial charge in [0.25, 0.3) is 11.8 Å². The van der Waals surface area contributed by atoms with Crippen molar-refractivity contribution in [2.45, 2.75) is 6.54 Å². The Bertz CT molecular complexity index is 988. The van der Waals surface area contributed by atoms with Crippen molar-refractivity contribution >= 4 is 23.8 Å². The number of carbonyl (C=O) groups excluding carboxylic acids is 3. The van der Waals surface area contributed by atoms with E-state index in [9.17, 15) is 14.4 Å². The molecular formula is C22H19N3O4. The monoisotopic (exact) mass is 389 g/mol. The van der Waals surface area contributed by atoms with Gasteiger partial charge in [-0.25, -0.2) is 0 Å². The van der Waals surface area contributed by atoms with Gasteiger partial charge in [-0.2, -0.15) is 0 Å². The van der Waals surface area contributed by atoms with E-state index in [4.69, 9.17) is 4.74 Å². The van der Waals surface area contributed by atoms with E-state index in [0.29, 0.717) is 29.1 Å². The van der Waals surface area contributed by atoms with Crippen molar-refractivity contribution in [3.8, 4) is 5.75 Å². The van der Waals surface area contributed by atoms with Crippen molar-refractivity contribution in [1.82, 2.24) is 10.3 Å². The highest BCUT2D eigenvalue weighted by molar-refractivity contribution is 5.97. The molecule has 1 heterocycles. The van der Waals surface area contributed by atoms with Crippen molar-refractivity contribution in [3.05, 3.63) is 89.7 Å². The molecule has 29 heavy (non-hydrogen) atoms. The van der Waals surface area contributed by atoms with E-state index >= 15 is 0 Å². The Morgan fingerprint density at radius 3 is 2.55 bits per heavy atom. The molecule has 0 spiro atoms. The molecule has 2 N–H and O–H groups in total. The van der Waals surface area contributed by atoms with Crippen molar-refractivity contribution in [2.24, 2.45) is 0 Å². The predicted molar refractivity (Wildman–Crippen MR) is 108 cm³/mol. The molecule has 0 saturated heterocycles. The normalized spacial score (nSPS) is 10.1. The molecule has 0 aliphatic carbocycles. The number of ether oxygens (including phenoxy) is 1. The van der Waals surface area contributed by atoms with Gasteiger partial charge in [-0.05, 0) is 54.6 Å². The summed E-state index contributed by atoms with van der Waals surface area (Å²) >= 11 is 0. The SMILES string of the molecule is O=Cc1ccc(OCC(=O)Nc2cccc(C(=O)NCc3ccccn3)c2)cc1. The minimum absolute atomic E-state index is 0.198. The fourth-order valence-corrected chi connectivity index (χ4v) is 2.50. The Balaban J connectivity index is 1.52. The zero-order valence-corrected chi connectivity index (χ0v) is 15.5. The predicted octanol–water partition coefficient (Wildman–Crippen LogP) is 2.84. The lowest BCUT2D eigenvalue weighted by molar-refractivity contribution is -0.118. The quantitative estimate of drug-likeness (QED) is 0.578. The van der Waals surface area contributed by atoms with Crippen LogP contribution in [0.5, 0.6) is 5.75 Å². The van der Waals surface area contributed by atoms with Gasteiger partial charge in [0, 0.05) is 23.0 Å². The first-order valence-electron chi connectivity index (χ1n) is 8.90. The molecule has 0 fully saturated rings. The van der Waals surface area contributed by atoms with Gasteiger partial charge in [0.1, 0.15) is 12.0 Å². The van der Waals surface area contributed by atoms with Crippen LogP contribution >= 0.6 is 0 Å². The van der Waals surface area contributed by atoms with Crippen molar-refractivity contribution in [1.29, 1.82) is 0 Å². The number of nitrogens with one attached hydrogen (secondary N) is 2. The first-order chi connectivity index (χ1) is 14.1. The van der Waals surface area contributed by atoms with Gasteiger partial charge in [0.2, 0.25) is 0 Å². The molecule has 7 heteroatoms. The lowest BCUT2D eigenvalue weighted by Crippen LogP contribution is -2.24. The van der Waals surface area contributed by atoms with Crippen LogP contribution in [-0.2, 0) is 11.3 Å². The third kappa shape index (κ3) is 6.00. The number of aldehydes is 1. The molecule has 3 aromatic rings. The van der Waals surface area contributed by atoms with Gasteiger partial charge in [0.05, 0.1) is 12.2 Å². The van der Waals surface area contributed by atoms with Gasteiger partial charge < -0.3 is 15.4 Å². The van der Waals surface area contributed by atoms with Gasteiger partial charge >= 0.3 is 0 Å². The highest BCUT2D eigenvalue weighted by Gasteiger charge is 2.09. The van der Waals surface area contributed by atoms with Gasteiger partial charge in [-0.3, -0.25) is 19.4 Å². The molecule has 1 aromatic heterocycles. The average molecular weight is 389 g/mol. The molecule has 3 rings (SSSR count). The zero-order chi connectivity index (χ0) is 20.5. The van der Waals surface area contributed by atoms with Crippen LogP contribution in [0.2, 0.25) is 0 Å². The average Bonchev–Trinajstić information content (AvgIpc) is 2.77. The van der Waals surface area contributed by atoms with Crippen LogP contribution in [-0.4, -0.2) is 29.7 Å². The Morgan fingerprint density at radius 1 is 1.00 bits per heavy atom. The number of amides is 2. The second-order valence-electron chi connectivity index (χ2n) is 6.11. The second-order valence-corrected chi connectivity index (χ2v) is 6.11. The van der Waals surface area contributed by atoms with E-state index in [1.165, 1.54) is 0 Å². The molecule has 2 amide bonds. The molecule has 0 atom stereocenters. The number of carbonyl (C=O) groups is 3. The molecule has 2 aromatic carbocycles. The molecule has 7 nitrogen and oxygen atoms in total. The summed E-state index contributed by atoms with van der Waals surface area (Å²) in [4.78, 5) is 39.2. The third-order valence-electron chi connectivity index (χ3n) is 3.95. The second kappa shape index (κ2) is 9.80. The summed E-state index contributed by atoms with van der Waals surface area (Å²) < 4.78 is 5.39. The van der Waals surface area contributed by atoms with Crippen LogP contribution in [0.15, 0.2) is 72.9 Å². The highest BCUT2D eigenvalue weighted by atomic mass is 16.5. The maximum atomic E-state index is 12.3. The zero-order valence-electron chi connectivity index (χ0n) is 15.5. The summed E-state index contributed by atoms with van der Waals surface area (Å²) in [5.41, 5.74) is 2.19. The van der Waals surface area contributed by atoms with Crippen LogP contribution in [0, 0.1) is 0 Å². The van der Waals surface area contributed by atoms with Crippen LogP contribution in [0.1, 0.15) is 26.4 Å². The van der Waals surface area contributed by atoms with E-state index in [2.05, 4.69) is 15.6 Å². The van der Waals surface area contributed by atoms with Gasteiger partial charge in [-0.15, -0.1) is 0 Å². The molecule has 0 bridgehead atoms. The fraction of sp³-hybridized carbons (Fsp3) is 0.0909. The Hall–Kier alpha value is -4.00. The van der Waals surface area contributed by atoms with E-state index in [1.807, 2.05) is 12.1 Å². The molecule has 0 aliphatic rings. The number of nitrogens with zero attached hydrogens (tertiary/aromatic N) is 1. The number of pyridine rings is 1. The number of hydrogen-bond donors (Lipinski definition) is 2. The maximum absolute atomic E-state index is 12.3. The number of hydrogen-bond acceptors (Lipinski definition) is 5. The third-order valence-corrected chi connectivity index (χ3v) is 3.95. The first-order valence-corrected chi connectivity index (χ1v) is 8.90. The van der Waals surface area contributed by atoms with Crippen LogP contribution < -0.4 is 15.4 Å². The minimum Gasteiger partial charge on any atom is -0.484 e. The molecule has 0 saturated carbocycles. The number of aromatic nitrogens is 1. The van der Waals surface area contributed by atoms with Crippen molar-refractivity contribution in [3.63, 3.8) is 0 Å². The Labute approximate surface area is 167 Å². The molecule has 0 radical (unpaired) electrons. The summed E-state index contributed by atoms with van der Waals surface area (Å²) in [6.07, 6.45) is 2.40. The van der Waals surface area contributed by atoms with Crippen LogP contribution in [0.25, 0.3) is 0 Å². The van der Waals surface area contributed by atoms with Crippen molar-refractivity contribution in [2.75, 3.05) is 11.9 Å². The van der Waals surface area contributed by atoms with E-state index in [1.54, 1.807) is 60.8 Å². The van der Waals surface area contributed by atoms with E-state index in [-0.39, 0.29) is 18.4 Å². The first kappa shape index (κ1) is 19.8. The molecular weight excluding hydrogens is 370 g/mol. The standard InChI is InChI=1S/C22H19N3O4/c26-14-16-7-9-20(10-8-16)29-15-21(27)25-18-6-3-4-17(12-18)22(28)24-13-19-5-1-2-11-23-19/h1-12,14H,13,15H2,(H,24,28)(H,25,27). The number of anilines is 1. The highest BCUT2D eigenvalue weighted by Crippen LogP contribution is 2.13. The smallest absolute Gasteiger partial charge is 0.262 e. The maximum Gasteiger partial charge on any atom is 0.262 e. The summed E-state index contributed by atoms with van der Waals surface area (Å²) in [5, 5.41) is 5.48. The Kier molecular flexibility index (Phi) is 6.67. The molecule has 146 valence electrons. The summed E-state index contributed by atoms with van der Waals surface area (Å²) in [6, 6.07) is 18.5. The summed E-state index contributed by atoms with van der Waals surface area (Å²) in [7, 11) is 0. The largest absolute Gasteiger partial charge is 0.484 e. The summed E-state index contributed by atoms with van der Waals surface area (Å²) in [5.74, 6) is -0.151. The van der Waals surface area contributed by atoms with Crippen LogP contribution in [0.4, 0.5) is 5.69 Å². The lowest BCUT2D eigenvalue weighted by atomic mass is 10.2. The van der Waals surface area contributed by atoms with Crippen LogP contribution in [0.3, 0.4) is 0 Å². The van der Waals surface area contributed by atoms with E-state index in [0.717, 1.165) is 12.0 Å². The number of benzene rings is 2. The molecule has 0 aliphatic heterocycles. The van der Waals surface area contributed by atoms with Gasteiger partial charge in [0.15, 0.2) is 6.61 Å². The minimum atomic E-state index is -0.365. The number of rotatable bonds is 8. The summed E-state index contributed by atoms with van der Waals surface area (Å²) in [6.45, 7) is 0.115. The van der Waals surface area contributed by atoms with Gasteiger partial charge in [-0.1, -0.05) is 12.1 Å².